The number of carbonyl (C=O) groups excluding carboxylic acids is 1. The van der Waals surface area contributed by atoms with E-state index in [1.807, 2.05) is 30.3 Å². The maximum atomic E-state index is 13.5. The van der Waals surface area contributed by atoms with Crippen molar-refractivity contribution in [3.8, 4) is 16.9 Å². The van der Waals surface area contributed by atoms with Crippen molar-refractivity contribution >= 4 is 39.1 Å². The average molecular weight is 625 g/mol. The first-order chi connectivity index (χ1) is 20.1. The molecule has 5 rings (SSSR count). The summed E-state index contributed by atoms with van der Waals surface area (Å²) >= 11 is 12.2. The number of hydrogen-bond donors (Lipinski definition) is 2. The lowest BCUT2D eigenvalue weighted by Crippen LogP contribution is -2.38. The van der Waals surface area contributed by atoms with Crippen molar-refractivity contribution in [2.75, 3.05) is 0 Å². The van der Waals surface area contributed by atoms with Gasteiger partial charge < -0.3 is 5.32 Å². The molecule has 0 aliphatic carbocycles. The Balaban J connectivity index is 1.45. The molecule has 3 N–H and O–H groups in total. The van der Waals surface area contributed by atoms with Gasteiger partial charge in [-0.25, -0.2) is 23.2 Å². The highest BCUT2D eigenvalue weighted by Crippen LogP contribution is 2.28. The van der Waals surface area contributed by atoms with Crippen LogP contribution in [0.3, 0.4) is 0 Å². The Morgan fingerprint density at radius 3 is 2.36 bits per heavy atom. The molecule has 0 spiro atoms. The highest BCUT2D eigenvalue weighted by Gasteiger charge is 2.23. The zero-order valence-corrected chi connectivity index (χ0v) is 24.1. The first-order valence-corrected chi connectivity index (χ1v) is 14.8. The molecular formula is C28H23Cl2N7O4S. The summed E-state index contributed by atoms with van der Waals surface area (Å²) in [7, 11) is -3.84. The second-order valence-electron chi connectivity index (χ2n) is 9.28. The minimum atomic E-state index is -3.84. The number of carbonyl (C=O) groups is 1. The quantitative estimate of drug-likeness (QED) is 0.254. The Labute approximate surface area is 250 Å². The molecule has 0 fully saturated rings. The number of nitrogens with two attached hydrogens (primary N) is 1. The van der Waals surface area contributed by atoms with Crippen LogP contribution in [-0.4, -0.2) is 38.9 Å². The van der Waals surface area contributed by atoms with E-state index < -0.39 is 27.5 Å². The number of halogens is 2. The van der Waals surface area contributed by atoms with E-state index in [2.05, 4.69) is 20.6 Å². The lowest BCUT2D eigenvalue weighted by atomic mass is 10.0. The molecule has 0 bridgehead atoms. The van der Waals surface area contributed by atoms with Crippen LogP contribution in [0.25, 0.3) is 16.9 Å². The monoisotopic (exact) mass is 623 g/mol. The smallest absolute Gasteiger partial charge is 0.254 e. The molecule has 0 radical (unpaired) electrons. The standard InChI is InChI=1S/C28H23Cl2N7O4S/c29-20-8-11-24(37-16-26(30)34-35-37)22(13-20)23-14-27(38)36(17-33-23)25(12-18-4-2-1-3-5-18)28(39)32-15-19-6-9-21(10-7-19)42(31,40)41/h1-11,13-14,16-17,25H,12,15H2,(H,32,39)(H2,31,40,41)/t25-/m0/s1. The Hall–Kier alpha value is -4.36. The summed E-state index contributed by atoms with van der Waals surface area (Å²) in [6.45, 7) is 0.0988. The average Bonchev–Trinajstić information content (AvgIpc) is 3.41. The summed E-state index contributed by atoms with van der Waals surface area (Å²) in [5.41, 5.74) is 2.41. The van der Waals surface area contributed by atoms with Crippen LogP contribution < -0.4 is 16.0 Å². The van der Waals surface area contributed by atoms with Crippen molar-refractivity contribution in [2.45, 2.75) is 23.9 Å². The van der Waals surface area contributed by atoms with E-state index in [0.717, 1.165) is 5.56 Å². The molecule has 5 aromatic rings. The molecule has 0 saturated heterocycles. The highest BCUT2D eigenvalue weighted by molar-refractivity contribution is 7.89. The summed E-state index contributed by atoms with van der Waals surface area (Å²) in [6, 6.07) is 20.5. The zero-order valence-electron chi connectivity index (χ0n) is 21.8. The molecule has 1 atom stereocenters. The van der Waals surface area contributed by atoms with Gasteiger partial charge in [0.25, 0.3) is 5.56 Å². The summed E-state index contributed by atoms with van der Waals surface area (Å²) in [4.78, 5) is 31.4. The SMILES string of the molecule is NS(=O)(=O)c1ccc(CNC(=O)[C@H](Cc2ccccc2)n2cnc(-c3cc(Cl)ccc3-n3cc(Cl)nn3)cc2=O)cc1. The number of rotatable bonds is 9. The van der Waals surface area contributed by atoms with E-state index in [9.17, 15) is 18.0 Å². The molecule has 3 aromatic carbocycles. The summed E-state index contributed by atoms with van der Waals surface area (Å²) in [5.74, 6) is -0.424. The highest BCUT2D eigenvalue weighted by atomic mass is 35.5. The van der Waals surface area contributed by atoms with Crippen LogP contribution in [0, 0.1) is 0 Å². The molecule has 0 aliphatic rings. The van der Waals surface area contributed by atoms with E-state index in [1.54, 1.807) is 30.3 Å². The predicted molar refractivity (Wildman–Crippen MR) is 158 cm³/mol. The fourth-order valence-electron chi connectivity index (χ4n) is 4.32. The number of hydrogen-bond acceptors (Lipinski definition) is 7. The van der Waals surface area contributed by atoms with Gasteiger partial charge in [0.1, 0.15) is 6.04 Å². The molecule has 0 aliphatic heterocycles. The summed E-state index contributed by atoms with van der Waals surface area (Å²) in [5, 5.41) is 16.4. The molecule has 2 heterocycles. The van der Waals surface area contributed by atoms with Gasteiger partial charge >= 0.3 is 0 Å². The number of nitrogens with zero attached hydrogens (tertiary/aromatic N) is 5. The Morgan fingerprint density at radius 2 is 1.71 bits per heavy atom. The second-order valence-corrected chi connectivity index (χ2v) is 11.7. The van der Waals surface area contributed by atoms with Crippen molar-refractivity contribution < 1.29 is 13.2 Å². The third kappa shape index (κ3) is 6.74. The minimum absolute atomic E-state index is 0.0352. The number of amides is 1. The number of sulfonamides is 1. The Kier molecular flexibility index (Phi) is 8.50. The Morgan fingerprint density at radius 1 is 0.976 bits per heavy atom. The molecule has 2 aromatic heterocycles. The Bertz CT molecular complexity index is 1910. The van der Waals surface area contributed by atoms with E-state index in [1.165, 1.54) is 40.0 Å². The largest absolute Gasteiger partial charge is 0.350 e. The minimum Gasteiger partial charge on any atom is -0.350 e. The van der Waals surface area contributed by atoms with Crippen LogP contribution in [0.5, 0.6) is 0 Å². The second kappa shape index (κ2) is 12.2. The van der Waals surface area contributed by atoms with Gasteiger partial charge in [-0.3, -0.25) is 14.2 Å². The van der Waals surface area contributed by atoms with Crippen molar-refractivity contribution in [3.05, 3.63) is 123 Å². The first-order valence-electron chi connectivity index (χ1n) is 12.5. The topological polar surface area (TPSA) is 155 Å². The van der Waals surface area contributed by atoms with Crippen LogP contribution in [-0.2, 0) is 27.8 Å². The van der Waals surface area contributed by atoms with Crippen LogP contribution in [0.15, 0.2) is 101 Å². The van der Waals surface area contributed by atoms with Gasteiger partial charge in [-0.1, -0.05) is 70.9 Å². The van der Waals surface area contributed by atoms with Gasteiger partial charge in [0.15, 0.2) is 5.15 Å². The zero-order chi connectivity index (χ0) is 29.9. The third-order valence-electron chi connectivity index (χ3n) is 6.41. The molecule has 0 saturated carbocycles. The molecule has 214 valence electrons. The number of primary sulfonamides is 1. The fourth-order valence-corrected chi connectivity index (χ4v) is 5.14. The molecule has 0 unspecified atom stereocenters. The van der Waals surface area contributed by atoms with Gasteiger partial charge in [-0.05, 0) is 41.5 Å². The third-order valence-corrected chi connectivity index (χ3v) is 7.75. The van der Waals surface area contributed by atoms with Crippen molar-refractivity contribution in [1.29, 1.82) is 0 Å². The van der Waals surface area contributed by atoms with Crippen molar-refractivity contribution in [2.24, 2.45) is 5.14 Å². The lowest BCUT2D eigenvalue weighted by Gasteiger charge is -2.20. The normalized spacial score (nSPS) is 12.2. The molecule has 1 amide bonds. The number of nitrogens with one attached hydrogen (secondary N) is 1. The van der Waals surface area contributed by atoms with Gasteiger partial charge in [-0.15, -0.1) is 5.10 Å². The molecule has 11 nitrogen and oxygen atoms in total. The van der Waals surface area contributed by atoms with Crippen LogP contribution >= 0.6 is 23.2 Å². The van der Waals surface area contributed by atoms with Gasteiger partial charge in [0.2, 0.25) is 15.9 Å². The lowest BCUT2D eigenvalue weighted by molar-refractivity contribution is -0.124. The van der Waals surface area contributed by atoms with Crippen LogP contribution in [0.1, 0.15) is 17.2 Å². The van der Waals surface area contributed by atoms with Crippen molar-refractivity contribution in [3.63, 3.8) is 0 Å². The van der Waals surface area contributed by atoms with Gasteiger partial charge in [0, 0.05) is 29.6 Å². The molecule has 14 heteroatoms. The van der Waals surface area contributed by atoms with Gasteiger partial charge in [-0.2, -0.15) is 0 Å². The predicted octanol–water partition coefficient (Wildman–Crippen LogP) is 3.55. The van der Waals surface area contributed by atoms with Gasteiger partial charge in [0.05, 0.1) is 28.8 Å². The summed E-state index contributed by atoms with van der Waals surface area (Å²) < 4.78 is 25.8. The molecule has 42 heavy (non-hydrogen) atoms. The van der Waals surface area contributed by atoms with Crippen LogP contribution in [0.4, 0.5) is 0 Å². The maximum absolute atomic E-state index is 13.5. The first kappa shape index (κ1) is 29.1. The summed E-state index contributed by atoms with van der Waals surface area (Å²) in [6.07, 6.45) is 3.06. The van der Waals surface area contributed by atoms with Crippen LogP contribution in [0.2, 0.25) is 10.2 Å². The molecular weight excluding hydrogens is 601 g/mol. The van der Waals surface area contributed by atoms with E-state index in [0.29, 0.717) is 27.5 Å². The van der Waals surface area contributed by atoms with E-state index >= 15 is 0 Å². The van der Waals surface area contributed by atoms with Crippen molar-refractivity contribution in [1.82, 2.24) is 29.9 Å². The number of aromatic nitrogens is 5. The maximum Gasteiger partial charge on any atom is 0.254 e. The fraction of sp³-hybridized carbons (Fsp3) is 0.107. The number of benzene rings is 3. The van der Waals surface area contributed by atoms with E-state index in [-0.39, 0.29) is 23.0 Å². The van der Waals surface area contributed by atoms with E-state index in [4.69, 9.17) is 28.3 Å².